The van der Waals surface area contributed by atoms with Crippen molar-refractivity contribution in [1.82, 2.24) is 10.3 Å². The zero-order valence-electron chi connectivity index (χ0n) is 11.4. The van der Waals surface area contributed by atoms with Crippen LogP contribution in [0.15, 0.2) is 36.4 Å². The fraction of sp³-hybridized carbons (Fsp3) is 0.267. The molecule has 1 aromatic heterocycles. The van der Waals surface area contributed by atoms with Crippen LogP contribution >= 0.6 is 0 Å². The van der Waals surface area contributed by atoms with Crippen LogP contribution in [0.4, 0.5) is 15.9 Å². The molecule has 1 heterocycles. The summed E-state index contributed by atoms with van der Waals surface area (Å²) in [5.74, 6) is 0.627. The summed E-state index contributed by atoms with van der Waals surface area (Å²) in [7, 11) is 3.84. The molecule has 0 radical (unpaired) electrons. The highest BCUT2D eigenvalue weighted by atomic mass is 19.1. The van der Waals surface area contributed by atoms with Crippen molar-refractivity contribution in [3.05, 3.63) is 53.5 Å². The SMILES string of the molecule is CNCc1cc(C)nc(N(C)c2ccc(F)cc2)c1. The van der Waals surface area contributed by atoms with Gasteiger partial charge in [-0.2, -0.15) is 0 Å². The molecule has 0 aliphatic rings. The minimum Gasteiger partial charge on any atom is -0.329 e. The van der Waals surface area contributed by atoms with Crippen molar-refractivity contribution >= 4 is 11.5 Å². The van der Waals surface area contributed by atoms with E-state index in [9.17, 15) is 4.39 Å². The van der Waals surface area contributed by atoms with Gasteiger partial charge in [0.25, 0.3) is 0 Å². The summed E-state index contributed by atoms with van der Waals surface area (Å²) in [6, 6.07) is 10.5. The molecule has 1 aromatic carbocycles. The van der Waals surface area contributed by atoms with Gasteiger partial charge in [-0.15, -0.1) is 0 Å². The fourth-order valence-corrected chi connectivity index (χ4v) is 2.00. The van der Waals surface area contributed by atoms with Crippen LogP contribution < -0.4 is 10.2 Å². The van der Waals surface area contributed by atoms with E-state index in [1.54, 1.807) is 12.1 Å². The van der Waals surface area contributed by atoms with Gasteiger partial charge in [0.1, 0.15) is 11.6 Å². The number of hydrogen-bond donors (Lipinski definition) is 1. The lowest BCUT2D eigenvalue weighted by atomic mass is 10.2. The molecular weight excluding hydrogens is 241 g/mol. The number of aromatic nitrogens is 1. The molecular formula is C15H18FN3. The Morgan fingerprint density at radius 3 is 2.53 bits per heavy atom. The molecule has 0 spiro atoms. The van der Waals surface area contributed by atoms with Crippen molar-refractivity contribution < 1.29 is 4.39 Å². The summed E-state index contributed by atoms with van der Waals surface area (Å²) in [5.41, 5.74) is 3.06. The topological polar surface area (TPSA) is 28.2 Å². The highest BCUT2D eigenvalue weighted by molar-refractivity contribution is 5.59. The third-order valence-electron chi connectivity index (χ3n) is 2.94. The van der Waals surface area contributed by atoms with E-state index in [0.29, 0.717) is 0 Å². The number of hydrogen-bond acceptors (Lipinski definition) is 3. The van der Waals surface area contributed by atoms with E-state index in [-0.39, 0.29) is 5.82 Å². The van der Waals surface area contributed by atoms with Gasteiger partial charge < -0.3 is 10.2 Å². The molecule has 0 bridgehead atoms. The van der Waals surface area contributed by atoms with Gasteiger partial charge in [-0.05, 0) is 55.9 Å². The molecule has 3 nitrogen and oxygen atoms in total. The molecule has 0 aliphatic carbocycles. The Morgan fingerprint density at radius 2 is 1.89 bits per heavy atom. The monoisotopic (exact) mass is 259 g/mol. The Bertz CT molecular complexity index is 552. The van der Waals surface area contributed by atoms with E-state index < -0.39 is 0 Å². The first-order valence-electron chi connectivity index (χ1n) is 6.21. The Morgan fingerprint density at radius 1 is 1.21 bits per heavy atom. The molecule has 0 atom stereocenters. The van der Waals surface area contributed by atoms with Gasteiger partial charge in [0.2, 0.25) is 0 Å². The first-order chi connectivity index (χ1) is 9.10. The Hall–Kier alpha value is -1.94. The maximum absolute atomic E-state index is 12.9. The zero-order chi connectivity index (χ0) is 13.8. The second-order valence-corrected chi connectivity index (χ2v) is 4.54. The summed E-state index contributed by atoms with van der Waals surface area (Å²) < 4.78 is 12.9. The quantitative estimate of drug-likeness (QED) is 0.914. The van der Waals surface area contributed by atoms with Crippen molar-refractivity contribution in [2.24, 2.45) is 0 Å². The van der Waals surface area contributed by atoms with Crippen LogP contribution in [0.5, 0.6) is 0 Å². The lowest BCUT2D eigenvalue weighted by Gasteiger charge is -2.19. The Kier molecular flexibility index (Phi) is 4.12. The van der Waals surface area contributed by atoms with Gasteiger partial charge in [0, 0.05) is 25.0 Å². The number of nitrogens with one attached hydrogen (secondary N) is 1. The van der Waals surface area contributed by atoms with Crippen LogP contribution in [0, 0.1) is 12.7 Å². The summed E-state index contributed by atoms with van der Waals surface area (Å²) >= 11 is 0. The number of pyridine rings is 1. The molecule has 19 heavy (non-hydrogen) atoms. The second-order valence-electron chi connectivity index (χ2n) is 4.54. The van der Waals surface area contributed by atoms with Gasteiger partial charge in [0.15, 0.2) is 0 Å². The van der Waals surface area contributed by atoms with E-state index in [4.69, 9.17) is 0 Å². The first kappa shape index (κ1) is 13.5. The molecule has 2 rings (SSSR count). The number of aryl methyl sites for hydroxylation is 1. The Balaban J connectivity index is 2.32. The van der Waals surface area contributed by atoms with E-state index >= 15 is 0 Å². The van der Waals surface area contributed by atoms with Crippen LogP contribution in [0.3, 0.4) is 0 Å². The largest absolute Gasteiger partial charge is 0.329 e. The molecule has 0 fully saturated rings. The van der Waals surface area contributed by atoms with Crippen LogP contribution in [-0.4, -0.2) is 19.1 Å². The third-order valence-corrected chi connectivity index (χ3v) is 2.94. The van der Waals surface area contributed by atoms with Gasteiger partial charge in [0.05, 0.1) is 0 Å². The van der Waals surface area contributed by atoms with Crippen LogP contribution in [0.1, 0.15) is 11.3 Å². The van der Waals surface area contributed by atoms with Crippen LogP contribution in [0.2, 0.25) is 0 Å². The maximum Gasteiger partial charge on any atom is 0.133 e. The number of anilines is 2. The normalized spacial score (nSPS) is 10.5. The van der Waals surface area contributed by atoms with Crippen molar-refractivity contribution in [3.63, 3.8) is 0 Å². The molecule has 1 N–H and O–H groups in total. The molecule has 0 saturated heterocycles. The highest BCUT2D eigenvalue weighted by Crippen LogP contribution is 2.23. The van der Waals surface area contributed by atoms with Crippen LogP contribution in [0.25, 0.3) is 0 Å². The average Bonchev–Trinajstić information content (AvgIpc) is 2.38. The predicted molar refractivity (Wildman–Crippen MR) is 76.2 cm³/mol. The summed E-state index contributed by atoms with van der Waals surface area (Å²) in [6.07, 6.45) is 0. The van der Waals surface area contributed by atoms with E-state index in [1.165, 1.54) is 17.7 Å². The average molecular weight is 259 g/mol. The third kappa shape index (κ3) is 3.29. The summed E-state index contributed by atoms with van der Waals surface area (Å²) in [5, 5.41) is 3.13. The smallest absolute Gasteiger partial charge is 0.133 e. The molecule has 100 valence electrons. The standard InChI is InChI=1S/C15H18FN3/c1-11-8-12(10-17-2)9-15(18-11)19(3)14-6-4-13(16)5-7-14/h4-9,17H,10H2,1-3H3. The number of rotatable bonds is 4. The minimum atomic E-state index is -0.231. The molecule has 4 heteroatoms. The highest BCUT2D eigenvalue weighted by Gasteiger charge is 2.07. The van der Waals surface area contributed by atoms with Crippen molar-refractivity contribution in [2.45, 2.75) is 13.5 Å². The number of nitrogens with zero attached hydrogens (tertiary/aromatic N) is 2. The minimum absolute atomic E-state index is 0.231. The lowest BCUT2D eigenvalue weighted by molar-refractivity contribution is 0.628. The molecule has 0 unspecified atom stereocenters. The second kappa shape index (κ2) is 5.80. The zero-order valence-corrected chi connectivity index (χ0v) is 11.4. The van der Waals surface area contributed by atoms with Crippen LogP contribution in [-0.2, 0) is 6.54 Å². The summed E-state index contributed by atoms with van der Waals surface area (Å²) in [4.78, 5) is 6.47. The molecule has 0 saturated carbocycles. The lowest BCUT2D eigenvalue weighted by Crippen LogP contribution is -2.13. The van der Waals surface area contributed by atoms with Gasteiger partial charge in [-0.3, -0.25) is 0 Å². The Labute approximate surface area is 113 Å². The van der Waals surface area contributed by atoms with E-state index in [1.807, 2.05) is 32.0 Å². The number of benzene rings is 1. The molecule has 2 aromatic rings. The van der Waals surface area contributed by atoms with Gasteiger partial charge in [-0.25, -0.2) is 9.37 Å². The van der Waals surface area contributed by atoms with Crippen molar-refractivity contribution in [1.29, 1.82) is 0 Å². The first-order valence-corrected chi connectivity index (χ1v) is 6.21. The van der Waals surface area contributed by atoms with Crippen molar-refractivity contribution in [2.75, 3.05) is 19.0 Å². The van der Waals surface area contributed by atoms with Gasteiger partial charge in [-0.1, -0.05) is 0 Å². The van der Waals surface area contributed by atoms with Gasteiger partial charge >= 0.3 is 0 Å². The predicted octanol–water partition coefficient (Wildman–Crippen LogP) is 3.02. The number of halogens is 1. The summed E-state index contributed by atoms with van der Waals surface area (Å²) in [6.45, 7) is 2.77. The maximum atomic E-state index is 12.9. The van der Waals surface area contributed by atoms with Crippen molar-refractivity contribution in [3.8, 4) is 0 Å². The molecule has 0 amide bonds. The molecule has 0 aliphatic heterocycles. The fourth-order valence-electron chi connectivity index (χ4n) is 2.00. The van der Waals surface area contributed by atoms with E-state index in [2.05, 4.69) is 16.4 Å². The van der Waals surface area contributed by atoms with E-state index in [0.717, 1.165) is 23.7 Å².